The average Bonchev–Trinajstić information content (AvgIpc) is 2.40. The Morgan fingerprint density at radius 2 is 2.11 bits per heavy atom. The highest BCUT2D eigenvalue weighted by Gasteiger charge is 2.06. The summed E-state index contributed by atoms with van der Waals surface area (Å²) in [4.78, 5) is 33.6. The highest BCUT2D eigenvalue weighted by Crippen LogP contribution is 2.22. The van der Waals surface area contributed by atoms with E-state index >= 15 is 0 Å². The minimum atomic E-state index is -0.201. The fraction of sp³-hybridized carbons (Fsp3) is 0.231. The number of benzene rings is 1. The molecule has 0 fully saturated rings. The number of nitrogens with one attached hydrogen (secondary N) is 1. The van der Waals surface area contributed by atoms with Gasteiger partial charge in [-0.25, -0.2) is 0 Å². The quantitative estimate of drug-likeness (QED) is 0.845. The zero-order valence-electron chi connectivity index (χ0n) is 10.4. The van der Waals surface area contributed by atoms with Crippen molar-refractivity contribution in [3.63, 3.8) is 0 Å². The Bertz CT molecular complexity index is 691. The van der Waals surface area contributed by atoms with Gasteiger partial charge in [0.05, 0.1) is 0 Å². The minimum absolute atomic E-state index is 0.138. The van der Waals surface area contributed by atoms with Crippen LogP contribution < -0.4 is 10.9 Å². The zero-order valence-corrected chi connectivity index (χ0v) is 10.4. The molecule has 6 nitrogen and oxygen atoms in total. The molecule has 2 rings (SSSR count). The summed E-state index contributed by atoms with van der Waals surface area (Å²) in [6, 6.07) is 6.53. The van der Waals surface area contributed by atoms with E-state index in [1.807, 2.05) is 0 Å². The molecule has 6 heteroatoms. The summed E-state index contributed by atoms with van der Waals surface area (Å²) in [5.41, 5.74) is 0.0527. The molecule has 19 heavy (non-hydrogen) atoms. The van der Waals surface area contributed by atoms with Crippen LogP contribution in [0.25, 0.3) is 10.8 Å². The van der Waals surface area contributed by atoms with Crippen LogP contribution in [-0.2, 0) is 11.3 Å². The smallest absolute Gasteiger partial charge is 0.258 e. The van der Waals surface area contributed by atoms with Crippen molar-refractivity contribution in [3.8, 4) is 0 Å². The van der Waals surface area contributed by atoms with Crippen LogP contribution in [0.5, 0.6) is 0 Å². The third kappa shape index (κ3) is 2.67. The molecular formula is C13H13N3O3. The van der Waals surface area contributed by atoms with Gasteiger partial charge >= 0.3 is 0 Å². The number of amides is 1. The molecule has 0 unspecified atom stereocenters. The molecule has 1 heterocycles. The van der Waals surface area contributed by atoms with Gasteiger partial charge < -0.3 is 9.88 Å². The lowest BCUT2D eigenvalue weighted by atomic mass is 10.1. The van der Waals surface area contributed by atoms with E-state index in [4.69, 9.17) is 0 Å². The molecule has 0 aliphatic carbocycles. The molecule has 0 spiro atoms. The predicted octanol–water partition coefficient (Wildman–Crippen LogP) is 1.54. The second-order valence-electron chi connectivity index (χ2n) is 4.13. The standard InChI is InChI=1S/C13H13N3O3/c1-9(17)14-6-8-16-7-5-10-11(13(16)18)3-2-4-12(10)15-19/h2-5,7H,6,8H2,1H3,(H,14,17). The summed E-state index contributed by atoms with van der Waals surface area (Å²) >= 11 is 0. The van der Waals surface area contributed by atoms with Crippen molar-refractivity contribution in [1.82, 2.24) is 9.88 Å². The second kappa shape index (κ2) is 5.43. The number of carbonyl (C=O) groups excluding carboxylic acids is 1. The van der Waals surface area contributed by atoms with E-state index in [0.29, 0.717) is 23.9 Å². The van der Waals surface area contributed by atoms with E-state index in [1.54, 1.807) is 30.5 Å². The van der Waals surface area contributed by atoms with Gasteiger partial charge in [0.25, 0.3) is 5.56 Å². The molecule has 0 bridgehead atoms. The molecule has 0 radical (unpaired) electrons. The van der Waals surface area contributed by atoms with Crippen molar-refractivity contribution in [2.45, 2.75) is 13.5 Å². The van der Waals surface area contributed by atoms with Gasteiger partial charge in [-0.1, -0.05) is 6.07 Å². The topological polar surface area (TPSA) is 80.5 Å². The number of fused-ring (bicyclic) bond motifs is 1. The van der Waals surface area contributed by atoms with Crippen LogP contribution in [-0.4, -0.2) is 17.0 Å². The van der Waals surface area contributed by atoms with E-state index in [9.17, 15) is 14.5 Å². The summed E-state index contributed by atoms with van der Waals surface area (Å²) in [5.74, 6) is -0.138. The van der Waals surface area contributed by atoms with Crippen molar-refractivity contribution in [1.29, 1.82) is 0 Å². The van der Waals surface area contributed by atoms with E-state index in [2.05, 4.69) is 10.5 Å². The third-order valence-corrected chi connectivity index (χ3v) is 2.82. The van der Waals surface area contributed by atoms with Gasteiger partial charge in [0.15, 0.2) is 0 Å². The molecular weight excluding hydrogens is 246 g/mol. The van der Waals surface area contributed by atoms with Gasteiger partial charge in [-0.2, -0.15) is 0 Å². The maximum atomic E-state index is 12.2. The number of nitroso groups, excluding NO2 is 1. The van der Waals surface area contributed by atoms with Gasteiger partial charge in [0, 0.05) is 37.0 Å². The lowest BCUT2D eigenvalue weighted by Crippen LogP contribution is -2.29. The van der Waals surface area contributed by atoms with Crippen LogP contribution in [0.3, 0.4) is 0 Å². The monoisotopic (exact) mass is 259 g/mol. The Morgan fingerprint density at radius 3 is 2.79 bits per heavy atom. The minimum Gasteiger partial charge on any atom is -0.355 e. The van der Waals surface area contributed by atoms with E-state index < -0.39 is 0 Å². The van der Waals surface area contributed by atoms with Crippen LogP contribution in [0.2, 0.25) is 0 Å². The maximum absolute atomic E-state index is 12.2. The van der Waals surface area contributed by atoms with Gasteiger partial charge in [-0.15, -0.1) is 4.91 Å². The first-order valence-corrected chi connectivity index (χ1v) is 5.83. The fourth-order valence-electron chi connectivity index (χ4n) is 1.91. The van der Waals surface area contributed by atoms with E-state index in [-0.39, 0.29) is 17.2 Å². The summed E-state index contributed by atoms with van der Waals surface area (Å²) < 4.78 is 1.49. The van der Waals surface area contributed by atoms with Crippen molar-refractivity contribution < 1.29 is 4.79 Å². The maximum Gasteiger partial charge on any atom is 0.258 e. The number of nitrogens with zero attached hydrogens (tertiary/aromatic N) is 2. The molecule has 1 amide bonds. The molecule has 1 aromatic carbocycles. The van der Waals surface area contributed by atoms with Gasteiger partial charge in [-0.3, -0.25) is 9.59 Å². The highest BCUT2D eigenvalue weighted by molar-refractivity contribution is 5.91. The molecule has 0 aliphatic heterocycles. The summed E-state index contributed by atoms with van der Waals surface area (Å²) in [5, 5.41) is 6.51. The lowest BCUT2D eigenvalue weighted by Gasteiger charge is -2.08. The highest BCUT2D eigenvalue weighted by atomic mass is 16.3. The Balaban J connectivity index is 2.38. The lowest BCUT2D eigenvalue weighted by molar-refractivity contribution is -0.118. The molecule has 98 valence electrons. The fourth-order valence-corrected chi connectivity index (χ4v) is 1.91. The molecule has 0 atom stereocenters. The normalized spacial score (nSPS) is 10.4. The summed E-state index contributed by atoms with van der Waals surface area (Å²) in [6.07, 6.45) is 1.60. The molecule has 0 aliphatic rings. The van der Waals surface area contributed by atoms with E-state index in [1.165, 1.54) is 11.5 Å². The van der Waals surface area contributed by atoms with E-state index in [0.717, 1.165) is 0 Å². The number of pyridine rings is 1. The van der Waals surface area contributed by atoms with Crippen molar-refractivity contribution in [2.24, 2.45) is 5.18 Å². The number of hydrogen-bond donors (Lipinski definition) is 1. The number of rotatable bonds is 4. The van der Waals surface area contributed by atoms with Crippen LogP contribution in [0.15, 0.2) is 40.4 Å². The summed E-state index contributed by atoms with van der Waals surface area (Å²) in [7, 11) is 0. The third-order valence-electron chi connectivity index (χ3n) is 2.82. The first-order valence-electron chi connectivity index (χ1n) is 5.83. The Labute approximate surface area is 109 Å². The number of hydrogen-bond acceptors (Lipinski definition) is 4. The van der Waals surface area contributed by atoms with Crippen LogP contribution in [0.1, 0.15) is 6.92 Å². The molecule has 1 N–H and O–H groups in total. The SMILES string of the molecule is CC(=O)NCCn1ccc2c(N=O)cccc2c1=O. The average molecular weight is 259 g/mol. The molecule has 0 saturated carbocycles. The molecule has 2 aromatic rings. The molecule has 1 aromatic heterocycles. The second-order valence-corrected chi connectivity index (χ2v) is 4.13. The zero-order chi connectivity index (χ0) is 13.8. The summed E-state index contributed by atoms with van der Waals surface area (Å²) in [6.45, 7) is 2.19. The van der Waals surface area contributed by atoms with Gasteiger partial charge in [0.1, 0.15) is 5.69 Å². The Hall–Kier alpha value is -2.50. The first kappa shape index (κ1) is 12.9. The van der Waals surface area contributed by atoms with Crippen molar-refractivity contribution >= 4 is 22.4 Å². The van der Waals surface area contributed by atoms with Crippen LogP contribution in [0, 0.1) is 4.91 Å². The number of carbonyl (C=O) groups is 1. The van der Waals surface area contributed by atoms with Crippen molar-refractivity contribution in [2.75, 3.05) is 6.54 Å². The van der Waals surface area contributed by atoms with Crippen molar-refractivity contribution in [3.05, 3.63) is 45.7 Å². The largest absolute Gasteiger partial charge is 0.355 e. The van der Waals surface area contributed by atoms with Gasteiger partial charge in [0.2, 0.25) is 5.91 Å². The first-order chi connectivity index (χ1) is 9.13. The Morgan fingerprint density at radius 1 is 1.32 bits per heavy atom. The van der Waals surface area contributed by atoms with Crippen LogP contribution >= 0.6 is 0 Å². The predicted molar refractivity (Wildman–Crippen MR) is 72.3 cm³/mol. The van der Waals surface area contributed by atoms with Gasteiger partial charge in [-0.05, 0) is 23.4 Å². The van der Waals surface area contributed by atoms with Crippen LogP contribution in [0.4, 0.5) is 5.69 Å². The molecule has 0 saturated heterocycles. The number of aromatic nitrogens is 1. The Kier molecular flexibility index (Phi) is 3.70.